The molecule has 0 unspecified atom stereocenters. The van der Waals surface area contributed by atoms with E-state index < -0.39 is 10.0 Å². The summed E-state index contributed by atoms with van der Waals surface area (Å²) in [5.74, 6) is 0.718. The van der Waals surface area contributed by atoms with E-state index in [-0.39, 0.29) is 0 Å². The van der Waals surface area contributed by atoms with Gasteiger partial charge in [0, 0.05) is 25.2 Å². The van der Waals surface area contributed by atoms with Crippen LogP contribution < -0.4 is 5.32 Å². The molecule has 1 aromatic rings. The minimum Gasteiger partial charge on any atom is -0.370 e. The lowest BCUT2D eigenvalue weighted by Crippen LogP contribution is -2.31. The first-order valence-electron chi connectivity index (χ1n) is 6.58. The molecule has 0 aliphatic rings. The summed E-state index contributed by atoms with van der Waals surface area (Å²) in [6.07, 6.45) is 4.08. The maximum Gasteiger partial charge on any atom is 0.211 e. The van der Waals surface area contributed by atoms with E-state index in [9.17, 15) is 8.42 Å². The van der Waals surface area contributed by atoms with Crippen molar-refractivity contribution in [3.63, 3.8) is 0 Å². The number of hydrogen-bond donors (Lipinski definition) is 1. The summed E-state index contributed by atoms with van der Waals surface area (Å²) in [5.41, 5.74) is 0.879. The lowest BCUT2D eigenvalue weighted by molar-refractivity contribution is 0.428. The number of aromatic nitrogens is 2. The lowest BCUT2D eigenvalue weighted by atomic mass is 10.2. The molecule has 20 heavy (non-hydrogen) atoms. The van der Waals surface area contributed by atoms with Crippen LogP contribution in [0.15, 0.2) is 6.33 Å². The van der Waals surface area contributed by atoms with Gasteiger partial charge >= 0.3 is 0 Å². The van der Waals surface area contributed by atoms with Gasteiger partial charge in [0.15, 0.2) is 0 Å². The largest absolute Gasteiger partial charge is 0.370 e. The van der Waals surface area contributed by atoms with Crippen LogP contribution in [0.5, 0.6) is 0 Å². The molecule has 114 valence electrons. The Morgan fingerprint density at radius 3 is 2.60 bits per heavy atom. The number of halogens is 1. The van der Waals surface area contributed by atoms with Gasteiger partial charge in [-0.2, -0.15) is 0 Å². The zero-order valence-electron chi connectivity index (χ0n) is 12.1. The average molecular weight is 321 g/mol. The van der Waals surface area contributed by atoms with Gasteiger partial charge < -0.3 is 5.32 Å². The van der Waals surface area contributed by atoms with E-state index in [0.717, 1.165) is 17.8 Å². The van der Waals surface area contributed by atoms with Crippen molar-refractivity contribution in [3.8, 4) is 0 Å². The van der Waals surface area contributed by atoms with Crippen molar-refractivity contribution < 1.29 is 8.42 Å². The second-order valence-corrected chi connectivity index (χ2v) is 6.72. The molecule has 0 radical (unpaired) electrons. The fourth-order valence-electron chi connectivity index (χ4n) is 1.88. The summed E-state index contributed by atoms with van der Waals surface area (Å²) < 4.78 is 24.3. The Bertz CT molecular complexity index is 536. The molecule has 6 nitrogen and oxygen atoms in total. The normalized spacial score (nSPS) is 11.8. The molecule has 1 rings (SSSR count). The first-order chi connectivity index (χ1) is 9.40. The average Bonchev–Trinajstić information content (AvgIpc) is 2.37. The van der Waals surface area contributed by atoms with Gasteiger partial charge in [-0.05, 0) is 12.8 Å². The van der Waals surface area contributed by atoms with Gasteiger partial charge in [-0.3, -0.25) is 0 Å². The molecular formula is C12H21ClN4O2S. The Morgan fingerprint density at radius 1 is 1.35 bits per heavy atom. The minimum atomic E-state index is -3.12. The van der Waals surface area contributed by atoms with Gasteiger partial charge in [-0.25, -0.2) is 22.7 Å². The molecule has 0 aromatic carbocycles. The molecule has 8 heteroatoms. The van der Waals surface area contributed by atoms with E-state index in [0.29, 0.717) is 31.2 Å². The standard InChI is InChI=1S/C12H21ClN4O2S/c1-4-10-11(13)15-9-16-12(10)14-7-6-8-17(5-2)20(3,18)19/h9H,4-8H2,1-3H3,(H,14,15,16). The Labute approximate surface area is 125 Å². The number of nitrogens with zero attached hydrogens (tertiary/aromatic N) is 3. The zero-order valence-corrected chi connectivity index (χ0v) is 13.6. The second-order valence-electron chi connectivity index (χ2n) is 4.38. The summed E-state index contributed by atoms with van der Waals surface area (Å²) in [4.78, 5) is 8.10. The Hall–Kier alpha value is -0.920. The molecule has 1 N–H and O–H groups in total. The number of anilines is 1. The van der Waals surface area contributed by atoms with Crippen LogP contribution in [0.25, 0.3) is 0 Å². The molecule has 0 spiro atoms. The number of sulfonamides is 1. The molecular weight excluding hydrogens is 300 g/mol. The first kappa shape index (κ1) is 17.1. The van der Waals surface area contributed by atoms with E-state index in [4.69, 9.17) is 11.6 Å². The van der Waals surface area contributed by atoms with Crippen molar-refractivity contribution in [2.24, 2.45) is 0 Å². The number of hydrogen-bond acceptors (Lipinski definition) is 5. The minimum absolute atomic E-state index is 0.455. The van der Waals surface area contributed by atoms with Gasteiger partial charge in [0.2, 0.25) is 10.0 Å². The highest BCUT2D eigenvalue weighted by Gasteiger charge is 2.13. The van der Waals surface area contributed by atoms with Crippen molar-refractivity contribution in [3.05, 3.63) is 17.0 Å². The molecule has 0 aliphatic heterocycles. The fourth-order valence-corrected chi connectivity index (χ4v) is 3.07. The third-order valence-electron chi connectivity index (χ3n) is 2.94. The van der Waals surface area contributed by atoms with E-state index in [1.54, 1.807) is 0 Å². The van der Waals surface area contributed by atoms with Crippen LogP contribution in [0.2, 0.25) is 5.15 Å². The van der Waals surface area contributed by atoms with Gasteiger partial charge in [0.25, 0.3) is 0 Å². The monoisotopic (exact) mass is 320 g/mol. The van der Waals surface area contributed by atoms with E-state index in [1.165, 1.54) is 16.9 Å². The predicted octanol–water partition coefficient (Wildman–Crippen LogP) is 1.78. The summed E-state index contributed by atoms with van der Waals surface area (Å²) in [5, 5.41) is 3.63. The number of nitrogens with one attached hydrogen (secondary N) is 1. The van der Waals surface area contributed by atoms with Crippen LogP contribution in [-0.4, -0.2) is 48.6 Å². The summed E-state index contributed by atoms with van der Waals surface area (Å²) >= 11 is 6.00. The maximum atomic E-state index is 11.4. The van der Waals surface area contributed by atoms with Gasteiger partial charge in [-0.15, -0.1) is 0 Å². The second kappa shape index (κ2) is 7.75. The van der Waals surface area contributed by atoms with Crippen LogP contribution >= 0.6 is 11.6 Å². The SMILES string of the molecule is CCc1c(Cl)ncnc1NCCCN(CC)S(C)(=O)=O. The van der Waals surface area contributed by atoms with Crippen LogP contribution in [-0.2, 0) is 16.4 Å². The van der Waals surface area contributed by atoms with E-state index in [2.05, 4.69) is 15.3 Å². The molecule has 0 aliphatic carbocycles. The molecule has 1 heterocycles. The summed E-state index contributed by atoms with van der Waals surface area (Å²) in [6.45, 7) is 5.42. The highest BCUT2D eigenvalue weighted by Crippen LogP contribution is 2.19. The smallest absolute Gasteiger partial charge is 0.211 e. The van der Waals surface area contributed by atoms with Gasteiger partial charge in [-0.1, -0.05) is 25.4 Å². The quantitative estimate of drug-likeness (QED) is 0.583. The molecule has 0 saturated heterocycles. The van der Waals surface area contributed by atoms with Crippen LogP contribution in [0, 0.1) is 0 Å². The Kier molecular flexibility index (Phi) is 6.64. The van der Waals surface area contributed by atoms with Gasteiger partial charge in [0.05, 0.1) is 6.26 Å². The molecule has 0 amide bonds. The highest BCUT2D eigenvalue weighted by atomic mass is 35.5. The molecule has 0 atom stereocenters. The molecule has 0 fully saturated rings. The van der Waals surface area contributed by atoms with Crippen LogP contribution in [0.4, 0.5) is 5.82 Å². The maximum absolute atomic E-state index is 11.4. The third kappa shape index (κ3) is 4.88. The van der Waals surface area contributed by atoms with Gasteiger partial charge in [0.1, 0.15) is 17.3 Å². The lowest BCUT2D eigenvalue weighted by Gasteiger charge is -2.18. The van der Waals surface area contributed by atoms with Crippen molar-refractivity contribution in [2.45, 2.75) is 26.7 Å². The highest BCUT2D eigenvalue weighted by molar-refractivity contribution is 7.88. The Balaban J connectivity index is 2.51. The number of rotatable bonds is 8. The van der Waals surface area contributed by atoms with E-state index in [1.807, 2.05) is 13.8 Å². The summed E-state index contributed by atoms with van der Waals surface area (Å²) in [7, 11) is -3.12. The zero-order chi connectivity index (χ0) is 15.2. The molecule has 1 aromatic heterocycles. The molecule has 0 bridgehead atoms. The van der Waals surface area contributed by atoms with Crippen molar-refractivity contribution >= 4 is 27.4 Å². The van der Waals surface area contributed by atoms with Crippen LogP contribution in [0.3, 0.4) is 0 Å². The van der Waals surface area contributed by atoms with Crippen molar-refractivity contribution in [1.82, 2.24) is 14.3 Å². The summed E-state index contributed by atoms with van der Waals surface area (Å²) in [6, 6.07) is 0. The predicted molar refractivity (Wildman–Crippen MR) is 81.6 cm³/mol. The van der Waals surface area contributed by atoms with Crippen LogP contribution in [0.1, 0.15) is 25.8 Å². The third-order valence-corrected chi connectivity index (χ3v) is 4.65. The van der Waals surface area contributed by atoms with Crippen molar-refractivity contribution in [1.29, 1.82) is 0 Å². The fraction of sp³-hybridized carbons (Fsp3) is 0.667. The topological polar surface area (TPSA) is 75.2 Å². The van der Waals surface area contributed by atoms with E-state index >= 15 is 0 Å². The van der Waals surface area contributed by atoms with Crippen molar-refractivity contribution in [2.75, 3.05) is 31.2 Å². The Morgan fingerprint density at radius 2 is 2.05 bits per heavy atom. The molecule has 0 saturated carbocycles. The first-order valence-corrected chi connectivity index (χ1v) is 8.81.